The first kappa shape index (κ1) is 11.0. The second-order valence-corrected chi connectivity index (χ2v) is 4.19. The van der Waals surface area contributed by atoms with Gasteiger partial charge in [-0.25, -0.2) is 13.6 Å². The van der Waals surface area contributed by atoms with Crippen molar-refractivity contribution in [2.24, 2.45) is 0 Å². The molecule has 2 rings (SSSR count). The van der Waals surface area contributed by atoms with E-state index in [4.69, 9.17) is 5.11 Å². The summed E-state index contributed by atoms with van der Waals surface area (Å²) in [4.78, 5) is 11.0. The van der Waals surface area contributed by atoms with Gasteiger partial charge in [-0.05, 0) is 24.0 Å². The van der Waals surface area contributed by atoms with Crippen molar-refractivity contribution in [1.29, 1.82) is 0 Å². The monoisotopic (exact) mass is 226 g/mol. The van der Waals surface area contributed by atoms with Crippen molar-refractivity contribution < 1.29 is 18.7 Å². The first-order valence-corrected chi connectivity index (χ1v) is 5.20. The Bertz CT molecular complexity index is 415. The van der Waals surface area contributed by atoms with E-state index in [9.17, 15) is 13.6 Å². The molecule has 1 N–H and O–H groups in total. The van der Waals surface area contributed by atoms with Crippen molar-refractivity contribution in [3.8, 4) is 0 Å². The summed E-state index contributed by atoms with van der Waals surface area (Å²) in [6.45, 7) is 0. The van der Waals surface area contributed by atoms with Gasteiger partial charge in [-0.2, -0.15) is 0 Å². The summed E-state index contributed by atoms with van der Waals surface area (Å²) in [6.07, 6.45) is -0.0276. The zero-order chi connectivity index (χ0) is 11.8. The van der Waals surface area contributed by atoms with Crippen LogP contribution < -0.4 is 0 Å². The maximum atomic E-state index is 13.1. The van der Waals surface area contributed by atoms with Crippen LogP contribution in [0, 0.1) is 0 Å². The Kier molecular flexibility index (Phi) is 2.66. The van der Waals surface area contributed by atoms with Crippen LogP contribution in [0.4, 0.5) is 8.78 Å². The van der Waals surface area contributed by atoms with Crippen molar-refractivity contribution in [2.75, 3.05) is 0 Å². The quantitative estimate of drug-likeness (QED) is 0.840. The zero-order valence-electron chi connectivity index (χ0n) is 8.62. The molecule has 1 aromatic carbocycles. The summed E-state index contributed by atoms with van der Waals surface area (Å²) < 4.78 is 26.1. The molecule has 1 aliphatic carbocycles. The Morgan fingerprint density at radius 3 is 2.62 bits per heavy atom. The van der Waals surface area contributed by atoms with E-state index in [1.807, 2.05) is 0 Å². The first-order chi connectivity index (χ1) is 7.49. The molecule has 0 radical (unpaired) electrons. The van der Waals surface area contributed by atoms with Crippen LogP contribution >= 0.6 is 0 Å². The fraction of sp³-hybridized carbons (Fsp3) is 0.417. The van der Waals surface area contributed by atoms with Gasteiger partial charge < -0.3 is 5.11 Å². The third-order valence-corrected chi connectivity index (χ3v) is 3.03. The van der Waals surface area contributed by atoms with Gasteiger partial charge >= 0.3 is 5.97 Å². The molecule has 1 atom stereocenters. The molecular formula is C12H12F2O2. The molecule has 0 saturated heterocycles. The molecule has 1 aromatic rings. The molecule has 4 heteroatoms. The van der Waals surface area contributed by atoms with E-state index >= 15 is 0 Å². The number of aromatic carboxylic acids is 1. The van der Waals surface area contributed by atoms with Gasteiger partial charge in [-0.3, -0.25) is 0 Å². The maximum Gasteiger partial charge on any atom is 0.335 e. The number of carboxylic acid groups (broad SMARTS) is 1. The molecule has 16 heavy (non-hydrogen) atoms. The minimum atomic E-state index is -2.64. The standard InChI is InChI=1S/C12H12F2O2/c13-12(14)6-5-8(7-12)9-3-1-2-4-10(9)11(15)16/h1-4,8H,5-7H2,(H,15,16). The summed E-state index contributed by atoms with van der Waals surface area (Å²) in [6, 6.07) is 6.40. The van der Waals surface area contributed by atoms with Gasteiger partial charge in [0.05, 0.1) is 5.56 Å². The predicted octanol–water partition coefficient (Wildman–Crippen LogP) is 3.29. The van der Waals surface area contributed by atoms with Gasteiger partial charge in [0.15, 0.2) is 0 Å². The fourth-order valence-electron chi connectivity index (χ4n) is 2.26. The van der Waals surface area contributed by atoms with Crippen LogP contribution in [0.5, 0.6) is 0 Å². The van der Waals surface area contributed by atoms with Crippen molar-refractivity contribution in [1.82, 2.24) is 0 Å². The molecule has 0 aliphatic heterocycles. The molecule has 86 valence electrons. The lowest BCUT2D eigenvalue weighted by Crippen LogP contribution is -2.10. The largest absolute Gasteiger partial charge is 0.478 e. The number of benzene rings is 1. The number of halogens is 2. The molecule has 1 fully saturated rings. The van der Waals surface area contributed by atoms with Gasteiger partial charge in [0.2, 0.25) is 5.92 Å². The lowest BCUT2D eigenvalue weighted by molar-refractivity contribution is 0.00768. The van der Waals surface area contributed by atoms with Crippen molar-refractivity contribution >= 4 is 5.97 Å². The van der Waals surface area contributed by atoms with Crippen LogP contribution in [0.1, 0.15) is 41.1 Å². The third-order valence-electron chi connectivity index (χ3n) is 3.03. The summed E-state index contributed by atoms with van der Waals surface area (Å²) in [5, 5.41) is 8.97. The summed E-state index contributed by atoms with van der Waals surface area (Å²) in [7, 11) is 0. The number of carboxylic acids is 1. The van der Waals surface area contributed by atoms with E-state index < -0.39 is 11.9 Å². The molecule has 0 bridgehead atoms. The summed E-state index contributed by atoms with van der Waals surface area (Å²) >= 11 is 0. The highest BCUT2D eigenvalue weighted by molar-refractivity contribution is 5.89. The first-order valence-electron chi connectivity index (χ1n) is 5.20. The molecule has 0 spiro atoms. The van der Waals surface area contributed by atoms with Gasteiger partial charge in [0.1, 0.15) is 0 Å². The SMILES string of the molecule is O=C(O)c1ccccc1C1CCC(F)(F)C1. The smallest absolute Gasteiger partial charge is 0.335 e. The molecule has 0 heterocycles. The van der Waals surface area contributed by atoms with Crippen LogP contribution in [0.2, 0.25) is 0 Å². The van der Waals surface area contributed by atoms with Gasteiger partial charge in [-0.1, -0.05) is 18.2 Å². The Labute approximate surface area is 91.9 Å². The van der Waals surface area contributed by atoms with E-state index in [1.54, 1.807) is 18.2 Å². The zero-order valence-corrected chi connectivity index (χ0v) is 8.62. The third kappa shape index (κ3) is 2.05. The number of alkyl halides is 2. The van der Waals surface area contributed by atoms with Crippen molar-refractivity contribution in [2.45, 2.75) is 31.1 Å². The topological polar surface area (TPSA) is 37.3 Å². The van der Waals surface area contributed by atoms with E-state index in [1.165, 1.54) is 6.07 Å². The highest BCUT2D eigenvalue weighted by Gasteiger charge is 2.40. The second-order valence-electron chi connectivity index (χ2n) is 4.19. The van der Waals surface area contributed by atoms with E-state index in [0.29, 0.717) is 12.0 Å². The lowest BCUT2D eigenvalue weighted by Gasteiger charge is -2.13. The van der Waals surface area contributed by atoms with Crippen LogP contribution in [0.15, 0.2) is 24.3 Å². The Balaban J connectivity index is 2.31. The van der Waals surface area contributed by atoms with E-state index in [-0.39, 0.29) is 24.3 Å². The molecule has 0 aromatic heterocycles. The van der Waals surface area contributed by atoms with Crippen LogP contribution in [-0.4, -0.2) is 17.0 Å². The molecular weight excluding hydrogens is 214 g/mol. The highest BCUT2D eigenvalue weighted by atomic mass is 19.3. The van der Waals surface area contributed by atoms with Crippen molar-refractivity contribution in [3.05, 3.63) is 35.4 Å². The predicted molar refractivity (Wildman–Crippen MR) is 54.9 cm³/mol. The van der Waals surface area contributed by atoms with E-state index in [0.717, 1.165) is 0 Å². The fourth-order valence-corrected chi connectivity index (χ4v) is 2.26. The Hall–Kier alpha value is -1.45. The van der Waals surface area contributed by atoms with Crippen LogP contribution in [0.3, 0.4) is 0 Å². The minimum Gasteiger partial charge on any atom is -0.478 e. The number of hydrogen-bond donors (Lipinski definition) is 1. The van der Waals surface area contributed by atoms with Gasteiger partial charge in [0.25, 0.3) is 0 Å². The number of rotatable bonds is 2. The summed E-state index contributed by atoms with van der Waals surface area (Å²) in [5.74, 6) is -4.02. The minimum absolute atomic E-state index is 0.144. The molecule has 1 saturated carbocycles. The Morgan fingerprint density at radius 2 is 2.06 bits per heavy atom. The highest BCUT2D eigenvalue weighted by Crippen LogP contribution is 2.44. The van der Waals surface area contributed by atoms with Crippen LogP contribution in [0.25, 0.3) is 0 Å². The average molecular weight is 226 g/mol. The number of carbonyl (C=O) groups is 1. The molecule has 1 unspecified atom stereocenters. The Morgan fingerprint density at radius 1 is 1.38 bits per heavy atom. The maximum absolute atomic E-state index is 13.1. The molecule has 1 aliphatic rings. The normalized spacial score (nSPS) is 23.2. The second kappa shape index (κ2) is 3.85. The van der Waals surface area contributed by atoms with Crippen molar-refractivity contribution in [3.63, 3.8) is 0 Å². The lowest BCUT2D eigenvalue weighted by atomic mass is 9.93. The van der Waals surface area contributed by atoms with Gasteiger partial charge in [0, 0.05) is 12.8 Å². The average Bonchev–Trinajstić information content (AvgIpc) is 2.59. The molecule has 2 nitrogen and oxygen atoms in total. The van der Waals surface area contributed by atoms with E-state index in [2.05, 4.69) is 0 Å². The van der Waals surface area contributed by atoms with Gasteiger partial charge in [-0.15, -0.1) is 0 Å². The molecule has 0 amide bonds. The van der Waals surface area contributed by atoms with Crippen LogP contribution in [-0.2, 0) is 0 Å². The number of hydrogen-bond acceptors (Lipinski definition) is 1. The summed E-state index contributed by atoms with van der Waals surface area (Å²) in [5.41, 5.74) is 0.678.